The minimum absolute atomic E-state index is 0.253. The average Bonchev–Trinajstić information content (AvgIpc) is 2.76. The fraction of sp³-hybridized carbons (Fsp3) is 0.364. The molecule has 1 atom stereocenters. The SMILES string of the molecule is CCCOc1ccc([C@H](CC(=O)O)NC(=O)c2cc(OC)c(OC)c(OC)c2)cc1. The van der Waals surface area contributed by atoms with Gasteiger partial charge in [0, 0.05) is 5.56 Å². The molecule has 0 fully saturated rings. The Morgan fingerprint density at radius 2 is 1.60 bits per heavy atom. The summed E-state index contributed by atoms with van der Waals surface area (Å²) in [6, 6.07) is 9.29. The number of rotatable bonds is 11. The van der Waals surface area contributed by atoms with E-state index >= 15 is 0 Å². The molecule has 8 heteroatoms. The van der Waals surface area contributed by atoms with Crippen molar-refractivity contribution in [2.24, 2.45) is 0 Å². The second-order valence-corrected chi connectivity index (χ2v) is 6.46. The van der Waals surface area contributed by atoms with E-state index in [1.807, 2.05) is 6.92 Å². The molecule has 2 rings (SSSR count). The maximum atomic E-state index is 12.9. The normalized spacial score (nSPS) is 11.3. The molecule has 0 radical (unpaired) electrons. The lowest BCUT2D eigenvalue weighted by atomic mass is 10.0. The van der Waals surface area contributed by atoms with Crippen LogP contribution in [0.3, 0.4) is 0 Å². The number of nitrogens with one attached hydrogen (secondary N) is 1. The van der Waals surface area contributed by atoms with Gasteiger partial charge in [0.2, 0.25) is 5.75 Å². The fourth-order valence-electron chi connectivity index (χ4n) is 2.90. The minimum Gasteiger partial charge on any atom is -0.494 e. The Morgan fingerprint density at radius 3 is 2.07 bits per heavy atom. The van der Waals surface area contributed by atoms with Gasteiger partial charge in [-0.1, -0.05) is 19.1 Å². The first-order valence-corrected chi connectivity index (χ1v) is 9.48. The van der Waals surface area contributed by atoms with E-state index < -0.39 is 17.9 Å². The molecule has 8 nitrogen and oxygen atoms in total. The van der Waals surface area contributed by atoms with Gasteiger partial charge in [0.15, 0.2) is 11.5 Å². The Morgan fingerprint density at radius 1 is 1.00 bits per heavy atom. The van der Waals surface area contributed by atoms with Crippen LogP contribution in [0.2, 0.25) is 0 Å². The van der Waals surface area contributed by atoms with Crippen LogP contribution in [0, 0.1) is 0 Å². The molecule has 2 N–H and O–H groups in total. The molecule has 0 unspecified atom stereocenters. The number of hydrogen-bond donors (Lipinski definition) is 2. The van der Waals surface area contributed by atoms with Crippen LogP contribution in [-0.4, -0.2) is 44.9 Å². The fourth-order valence-corrected chi connectivity index (χ4v) is 2.90. The highest BCUT2D eigenvalue weighted by atomic mass is 16.5. The Kier molecular flexibility index (Phi) is 8.34. The van der Waals surface area contributed by atoms with Gasteiger partial charge in [0.05, 0.1) is 40.4 Å². The van der Waals surface area contributed by atoms with Crippen molar-refractivity contribution in [3.05, 3.63) is 47.5 Å². The number of carbonyl (C=O) groups excluding carboxylic acids is 1. The first-order valence-electron chi connectivity index (χ1n) is 9.48. The van der Waals surface area contributed by atoms with Gasteiger partial charge >= 0.3 is 5.97 Å². The second kappa shape index (κ2) is 10.9. The molecule has 162 valence electrons. The molecule has 2 aromatic carbocycles. The third-order valence-corrected chi connectivity index (χ3v) is 4.37. The summed E-state index contributed by atoms with van der Waals surface area (Å²) in [5.41, 5.74) is 0.907. The van der Waals surface area contributed by atoms with Crippen molar-refractivity contribution in [3.63, 3.8) is 0 Å². The van der Waals surface area contributed by atoms with Crippen molar-refractivity contribution in [1.29, 1.82) is 0 Å². The van der Waals surface area contributed by atoms with Crippen LogP contribution in [0.15, 0.2) is 36.4 Å². The number of carbonyl (C=O) groups is 2. The molecule has 0 aliphatic rings. The molecule has 30 heavy (non-hydrogen) atoms. The van der Waals surface area contributed by atoms with Gasteiger partial charge in [-0.05, 0) is 36.2 Å². The molecular weight excluding hydrogens is 390 g/mol. The van der Waals surface area contributed by atoms with Crippen LogP contribution in [0.25, 0.3) is 0 Å². The van der Waals surface area contributed by atoms with Crippen LogP contribution in [0.4, 0.5) is 0 Å². The van der Waals surface area contributed by atoms with Crippen molar-refractivity contribution in [2.45, 2.75) is 25.8 Å². The van der Waals surface area contributed by atoms with Gasteiger partial charge in [-0.25, -0.2) is 0 Å². The summed E-state index contributed by atoms with van der Waals surface area (Å²) >= 11 is 0. The van der Waals surface area contributed by atoms with E-state index in [2.05, 4.69) is 5.32 Å². The number of benzene rings is 2. The van der Waals surface area contributed by atoms with Crippen LogP contribution in [0.5, 0.6) is 23.0 Å². The van der Waals surface area contributed by atoms with Gasteiger partial charge in [-0.15, -0.1) is 0 Å². The van der Waals surface area contributed by atoms with Crippen LogP contribution in [-0.2, 0) is 4.79 Å². The second-order valence-electron chi connectivity index (χ2n) is 6.46. The third-order valence-electron chi connectivity index (χ3n) is 4.37. The number of carboxylic acids is 1. The molecule has 0 spiro atoms. The van der Waals surface area contributed by atoms with Crippen molar-refractivity contribution in [2.75, 3.05) is 27.9 Å². The smallest absolute Gasteiger partial charge is 0.305 e. The van der Waals surface area contributed by atoms with E-state index in [0.717, 1.165) is 6.42 Å². The summed E-state index contributed by atoms with van der Waals surface area (Å²) in [6.07, 6.45) is 0.611. The summed E-state index contributed by atoms with van der Waals surface area (Å²) in [7, 11) is 4.37. The Hall–Kier alpha value is -3.42. The van der Waals surface area contributed by atoms with E-state index in [4.69, 9.17) is 18.9 Å². The largest absolute Gasteiger partial charge is 0.494 e. The lowest BCUT2D eigenvalue weighted by Crippen LogP contribution is -2.30. The molecule has 0 aliphatic heterocycles. The molecule has 1 amide bonds. The minimum atomic E-state index is -1.03. The van der Waals surface area contributed by atoms with Gasteiger partial charge in [-0.2, -0.15) is 0 Å². The molecule has 0 bridgehead atoms. The summed E-state index contributed by atoms with van der Waals surface area (Å²) in [4.78, 5) is 24.2. The van der Waals surface area contributed by atoms with E-state index in [1.165, 1.54) is 33.5 Å². The van der Waals surface area contributed by atoms with Gasteiger partial charge in [0.1, 0.15) is 5.75 Å². The first kappa shape index (κ1) is 22.9. The Labute approximate surface area is 175 Å². The molecule has 0 heterocycles. The summed E-state index contributed by atoms with van der Waals surface area (Å²) in [5, 5.41) is 12.1. The zero-order valence-electron chi connectivity index (χ0n) is 17.6. The van der Waals surface area contributed by atoms with E-state index in [1.54, 1.807) is 24.3 Å². The molecule has 0 aliphatic carbocycles. The quantitative estimate of drug-likeness (QED) is 0.577. The maximum Gasteiger partial charge on any atom is 0.305 e. The lowest BCUT2D eigenvalue weighted by Gasteiger charge is -2.19. The highest BCUT2D eigenvalue weighted by molar-refractivity contribution is 5.96. The predicted octanol–water partition coefficient (Wildman–Crippen LogP) is 3.45. The molecule has 0 saturated carbocycles. The van der Waals surface area contributed by atoms with E-state index in [0.29, 0.717) is 35.2 Å². The highest BCUT2D eigenvalue weighted by Crippen LogP contribution is 2.38. The van der Waals surface area contributed by atoms with Crippen molar-refractivity contribution < 1.29 is 33.6 Å². The average molecular weight is 417 g/mol. The van der Waals surface area contributed by atoms with Gasteiger partial charge in [-0.3, -0.25) is 9.59 Å². The summed E-state index contributed by atoms with van der Waals surface area (Å²) in [5.74, 6) is 0.207. The number of hydrogen-bond acceptors (Lipinski definition) is 6. The topological polar surface area (TPSA) is 103 Å². The zero-order valence-corrected chi connectivity index (χ0v) is 17.6. The number of ether oxygens (including phenoxy) is 4. The van der Waals surface area contributed by atoms with Crippen molar-refractivity contribution >= 4 is 11.9 Å². The van der Waals surface area contributed by atoms with Crippen LogP contribution in [0.1, 0.15) is 41.7 Å². The zero-order chi connectivity index (χ0) is 22.1. The Balaban J connectivity index is 2.28. The van der Waals surface area contributed by atoms with E-state index in [-0.39, 0.29) is 12.0 Å². The van der Waals surface area contributed by atoms with Crippen molar-refractivity contribution in [1.82, 2.24) is 5.32 Å². The first-order chi connectivity index (χ1) is 14.4. The maximum absolute atomic E-state index is 12.9. The van der Waals surface area contributed by atoms with Gasteiger partial charge < -0.3 is 29.4 Å². The van der Waals surface area contributed by atoms with Crippen LogP contribution >= 0.6 is 0 Å². The molecule has 2 aromatic rings. The number of amides is 1. The predicted molar refractivity (Wildman–Crippen MR) is 111 cm³/mol. The number of methoxy groups -OCH3 is 3. The van der Waals surface area contributed by atoms with Crippen LogP contribution < -0.4 is 24.3 Å². The molecule has 0 saturated heterocycles. The van der Waals surface area contributed by atoms with Crippen molar-refractivity contribution in [3.8, 4) is 23.0 Å². The summed E-state index contributed by atoms with van der Waals surface area (Å²) in [6.45, 7) is 2.60. The third kappa shape index (κ3) is 5.79. The van der Waals surface area contributed by atoms with Gasteiger partial charge in [0.25, 0.3) is 5.91 Å². The number of carboxylic acid groups (broad SMARTS) is 1. The monoisotopic (exact) mass is 417 g/mol. The lowest BCUT2D eigenvalue weighted by molar-refractivity contribution is -0.137. The summed E-state index contributed by atoms with van der Waals surface area (Å²) < 4.78 is 21.4. The number of aliphatic carboxylic acids is 1. The Bertz CT molecular complexity index is 839. The molecular formula is C22H27NO7. The van der Waals surface area contributed by atoms with E-state index in [9.17, 15) is 14.7 Å². The standard InChI is InChI=1S/C22H27NO7/c1-5-10-30-16-8-6-14(7-9-16)17(13-20(24)25)23-22(26)15-11-18(27-2)21(29-4)19(12-15)28-3/h6-9,11-12,17H,5,10,13H2,1-4H3,(H,23,26)(H,24,25)/t17-/m0/s1. The molecule has 0 aromatic heterocycles. The highest BCUT2D eigenvalue weighted by Gasteiger charge is 2.22.